The van der Waals surface area contributed by atoms with Crippen LogP contribution in [0.1, 0.15) is 23.9 Å². The fraction of sp³-hybridized carbons (Fsp3) is 0.261. The summed E-state index contributed by atoms with van der Waals surface area (Å²) in [6.07, 6.45) is 3.74. The number of rotatable bonds is 8. The first-order valence-corrected chi connectivity index (χ1v) is 9.87. The third-order valence-corrected chi connectivity index (χ3v) is 5.00. The molecule has 0 fully saturated rings. The average Bonchev–Trinajstić information content (AvgIpc) is 2.77. The Labute approximate surface area is 174 Å². The number of carboxylic acids is 1. The van der Waals surface area contributed by atoms with Gasteiger partial charge in [-0.1, -0.05) is 12.1 Å². The molecule has 3 heterocycles. The first kappa shape index (κ1) is 19.8. The SMILES string of the molecule is CCOC(Cc1ccc(OCN2c3cccnc3Cc3ncccc32)cc1)C(=O)O. The Hall–Kier alpha value is -3.45. The van der Waals surface area contributed by atoms with Crippen LogP contribution in [0.4, 0.5) is 11.4 Å². The standard InChI is InChI=1S/C23H23N3O4/c1-2-29-22(23(27)28)13-16-7-9-17(10-8-16)30-15-26-20-5-3-11-24-18(20)14-19-21(26)6-4-12-25-19/h3-12,22H,2,13-15H2,1H3,(H,27,28). The second-order valence-electron chi connectivity index (χ2n) is 6.95. The quantitative estimate of drug-likeness (QED) is 0.613. The van der Waals surface area contributed by atoms with E-state index in [2.05, 4.69) is 14.9 Å². The van der Waals surface area contributed by atoms with Crippen LogP contribution in [0.3, 0.4) is 0 Å². The summed E-state index contributed by atoms with van der Waals surface area (Å²) >= 11 is 0. The van der Waals surface area contributed by atoms with Gasteiger partial charge in [0.25, 0.3) is 0 Å². The van der Waals surface area contributed by atoms with Crippen molar-refractivity contribution in [2.75, 3.05) is 18.2 Å². The van der Waals surface area contributed by atoms with Crippen molar-refractivity contribution in [1.29, 1.82) is 0 Å². The van der Waals surface area contributed by atoms with Crippen LogP contribution in [0.25, 0.3) is 0 Å². The van der Waals surface area contributed by atoms with Gasteiger partial charge in [-0.05, 0) is 48.9 Å². The smallest absolute Gasteiger partial charge is 0.333 e. The molecule has 3 aromatic rings. The van der Waals surface area contributed by atoms with Crippen LogP contribution in [0.5, 0.6) is 5.75 Å². The van der Waals surface area contributed by atoms with Crippen LogP contribution >= 0.6 is 0 Å². The van der Waals surface area contributed by atoms with Crippen molar-refractivity contribution >= 4 is 17.3 Å². The van der Waals surface area contributed by atoms with Crippen molar-refractivity contribution in [2.24, 2.45) is 0 Å². The highest BCUT2D eigenvalue weighted by Crippen LogP contribution is 2.36. The number of anilines is 2. The molecule has 0 saturated carbocycles. The summed E-state index contributed by atoms with van der Waals surface area (Å²) in [6.45, 7) is 2.46. The monoisotopic (exact) mass is 405 g/mol. The van der Waals surface area contributed by atoms with Gasteiger partial charge in [0.2, 0.25) is 0 Å². The van der Waals surface area contributed by atoms with Gasteiger partial charge in [0.05, 0.1) is 22.8 Å². The average molecular weight is 405 g/mol. The number of aliphatic carboxylic acids is 1. The van der Waals surface area contributed by atoms with Crippen LogP contribution in [-0.4, -0.2) is 40.5 Å². The number of carbonyl (C=O) groups is 1. The van der Waals surface area contributed by atoms with Crippen LogP contribution in [-0.2, 0) is 22.4 Å². The third-order valence-electron chi connectivity index (χ3n) is 5.00. The molecule has 0 aliphatic carbocycles. The second-order valence-corrected chi connectivity index (χ2v) is 6.95. The molecule has 1 atom stereocenters. The van der Waals surface area contributed by atoms with Crippen LogP contribution in [0.2, 0.25) is 0 Å². The maximum Gasteiger partial charge on any atom is 0.333 e. The molecule has 0 saturated heterocycles. The number of aromatic nitrogens is 2. The summed E-state index contributed by atoms with van der Waals surface area (Å²) in [5.41, 5.74) is 4.84. The number of nitrogens with zero attached hydrogens (tertiary/aromatic N) is 3. The van der Waals surface area contributed by atoms with Gasteiger partial charge >= 0.3 is 5.97 Å². The normalized spacial score (nSPS) is 13.3. The molecule has 1 N–H and O–H groups in total. The number of pyridine rings is 2. The number of hydrogen-bond donors (Lipinski definition) is 1. The zero-order valence-corrected chi connectivity index (χ0v) is 16.7. The Morgan fingerprint density at radius 1 is 1.07 bits per heavy atom. The zero-order chi connectivity index (χ0) is 20.9. The van der Waals surface area contributed by atoms with Gasteiger partial charge in [-0.25, -0.2) is 4.79 Å². The molecule has 1 aliphatic heterocycles. The van der Waals surface area contributed by atoms with Crippen molar-refractivity contribution in [2.45, 2.75) is 25.9 Å². The van der Waals surface area contributed by atoms with Crippen LogP contribution < -0.4 is 9.64 Å². The summed E-state index contributed by atoms with van der Waals surface area (Å²) in [7, 11) is 0. The van der Waals surface area contributed by atoms with E-state index in [4.69, 9.17) is 9.47 Å². The van der Waals surface area contributed by atoms with E-state index in [1.807, 2.05) is 48.5 Å². The largest absolute Gasteiger partial charge is 0.479 e. The minimum Gasteiger partial charge on any atom is -0.479 e. The van der Waals surface area contributed by atoms with Crippen LogP contribution in [0.15, 0.2) is 60.9 Å². The Balaban J connectivity index is 1.47. The Morgan fingerprint density at radius 3 is 2.27 bits per heavy atom. The summed E-state index contributed by atoms with van der Waals surface area (Å²) in [4.78, 5) is 22.3. The van der Waals surface area contributed by atoms with E-state index in [9.17, 15) is 9.90 Å². The molecule has 0 radical (unpaired) electrons. The van der Waals surface area contributed by atoms with E-state index < -0.39 is 12.1 Å². The van der Waals surface area contributed by atoms with E-state index >= 15 is 0 Å². The van der Waals surface area contributed by atoms with Crippen molar-refractivity contribution in [3.05, 3.63) is 77.9 Å². The van der Waals surface area contributed by atoms with E-state index in [0.717, 1.165) is 28.3 Å². The minimum atomic E-state index is -0.957. The first-order valence-electron chi connectivity index (χ1n) is 9.87. The molecular weight excluding hydrogens is 382 g/mol. The molecule has 0 amide bonds. The molecule has 0 spiro atoms. The Kier molecular flexibility index (Phi) is 5.90. The van der Waals surface area contributed by atoms with Gasteiger partial charge in [-0.15, -0.1) is 0 Å². The highest BCUT2D eigenvalue weighted by molar-refractivity contribution is 5.73. The van der Waals surface area contributed by atoms with Gasteiger partial charge in [0.15, 0.2) is 12.8 Å². The zero-order valence-electron chi connectivity index (χ0n) is 16.7. The molecule has 7 heteroatoms. The summed E-state index contributed by atoms with van der Waals surface area (Å²) in [5.74, 6) is -0.259. The van der Waals surface area contributed by atoms with Crippen molar-refractivity contribution < 1.29 is 19.4 Å². The first-order chi connectivity index (χ1) is 14.7. The molecule has 1 aliphatic rings. The van der Waals surface area contributed by atoms with Crippen LogP contribution in [0, 0.1) is 0 Å². The number of hydrogen-bond acceptors (Lipinski definition) is 6. The number of ether oxygens (including phenoxy) is 2. The summed E-state index contributed by atoms with van der Waals surface area (Å²) < 4.78 is 11.3. The van der Waals surface area contributed by atoms with E-state index in [1.54, 1.807) is 19.3 Å². The van der Waals surface area contributed by atoms with Gasteiger partial charge in [-0.2, -0.15) is 0 Å². The fourth-order valence-electron chi connectivity index (χ4n) is 3.54. The molecule has 1 aromatic carbocycles. The Bertz CT molecular complexity index is 977. The lowest BCUT2D eigenvalue weighted by molar-refractivity contribution is -0.149. The molecule has 4 rings (SSSR count). The minimum absolute atomic E-state index is 0.313. The lowest BCUT2D eigenvalue weighted by Crippen LogP contribution is -2.28. The fourth-order valence-corrected chi connectivity index (χ4v) is 3.54. The maximum atomic E-state index is 11.3. The van der Waals surface area contributed by atoms with Crippen molar-refractivity contribution in [3.63, 3.8) is 0 Å². The van der Waals surface area contributed by atoms with E-state index in [1.165, 1.54) is 0 Å². The van der Waals surface area contributed by atoms with E-state index in [-0.39, 0.29) is 0 Å². The number of carboxylic acid groups (broad SMARTS) is 1. The molecule has 30 heavy (non-hydrogen) atoms. The summed E-state index contributed by atoms with van der Waals surface area (Å²) in [6, 6.07) is 15.3. The maximum absolute atomic E-state index is 11.3. The number of benzene rings is 1. The van der Waals surface area contributed by atoms with Crippen molar-refractivity contribution in [3.8, 4) is 5.75 Å². The molecular formula is C23H23N3O4. The predicted molar refractivity (Wildman–Crippen MR) is 112 cm³/mol. The van der Waals surface area contributed by atoms with Crippen molar-refractivity contribution in [1.82, 2.24) is 9.97 Å². The molecule has 2 aromatic heterocycles. The molecule has 1 unspecified atom stereocenters. The molecule has 154 valence electrons. The molecule has 7 nitrogen and oxygen atoms in total. The second kappa shape index (κ2) is 8.92. The lowest BCUT2D eigenvalue weighted by Gasteiger charge is -2.31. The Morgan fingerprint density at radius 2 is 1.70 bits per heavy atom. The highest BCUT2D eigenvalue weighted by Gasteiger charge is 2.24. The lowest BCUT2D eigenvalue weighted by atomic mass is 10.1. The predicted octanol–water partition coefficient (Wildman–Crippen LogP) is 3.59. The van der Waals surface area contributed by atoms with Gasteiger partial charge < -0.3 is 19.5 Å². The highest BCUT2D eigenvalue weighted by atomic mass is 16.5. The topological polar surface area (TPSA) is 84.8 Å². The number of fused-ring (bicyclic) bond motifs is 2. The third kappa shape index (κ3) is 4.26. The van der Waals surface area contributed by atoms with Gasteiger partial charge in [-0.3, -0.25) is 9.97 Å². The molecule has 0 bridgehead atoms. The summed E-state index contributed by atoms with van der Waals surface area (Å²) in [5, 5.41) is 9.24. The van der Waals surface area contributed by atoms with Gasteiger partial charge in [0.1, 0.15) is 5.75 Å². The van der Waals surface area contributed by atoms with Gasteiger partial charge in [0, 0.05) is 31.8 Å². The van der Waals surface area contributed by atoms with E-state index in [0.29, 0.717) is 31.9 Å².